The molecule has 0 amide bonds. The molecule has 2 aromatic carbocycles. The van der Waals surface area contributed by atoms with Crippen molar-refractivity contribution >= 4 is 0 Å². The second-order valence-corrected chi connectivity index (χ2v) is 7.54. The van der Waals surface area contributed by atoms with Crippen LogP contribution in [0.2, 0.25) is 0 Å². The maximum absolute atomic E-state index is 6.40. The zero-order valence-corrected chi connectivity index (χ0v) is 17.6. The van der Waals surface area contributed by atoms with Crippen LogP contribution in [0.1, 0.15) is 36.5 Å². The molecular formula is C24H30NO6. The molecule has 167 valence electrons. The molecule has 0 saturated carbocycles. The van der Waals surface area contributed by atoms with Crippen LogP contribution in [0.5, 0.6) is 11.5 Å². The topological polar surface area (TPSA) is 81.4 Å². The maximum Gasteiger partial charge on any atom is 0.184 e. The van der Waals surface area contributed by atoms with Gasteiger partial charge in [0.2, 0.25) is 0 Å². The van der Waals surface area contributed by atoms with Crippen molar-refractivity contribution < 1.29 is 28.4 Å². The largest absolute Gasteiger partial charge is 0.494 e. The molecule has 31 heavy (non-hydrogen) atoms. The van der Waals surface area contributed by atoms with Crippen LogP contribution in [-0.4, -0.2) is 45.2 Å². The number of benzene rings is 2. The van der Waals surface area contributed by atoms with E-state index in [9.17, 15) is 0 Å². The molecule has 0 bridgehead atoms. The Kier molecular flexibility index (Phi) is 7.77. The molecule has 7 nitrogen and oxygen atoms in total. The Bertz CT molecular complexity index is 819. The molecule has 4 rings (SSSR count). The molecule has 1 radical (unpaired) electrons. The van der Waals surface area contributed by atoms with Crippen molar-refractivity contribution in [1.82, 2.24) is 0 Å². The third-order valence-electron chi connectivity index (χ3n) is 5.27. The number of nitrogens with two attached hydrogens (primary N) is 1. The fraction of sp³-hybridized carbons (Fsp3) is 0.458. The van der Waals surface area contributed by atoms with Gasteiger partial charge >= 0.3 is 0 Å². The van der Waals surface area contributed by atoms with Crippen molar-refractivity contribution in [2.24, 2.45) is 5.73 Å². The van der Waals surface area contributed by atoms with E-state index in [1.165, 1.54) is 0 Å². The fourth-order valence-electron chi connectivity index (χ4n) is 3.62. The lowest BCUT2D eigenvalue weighted by Crippen LogP contribution is -2.39. The van der Waals surface area contributed by atoms with Gasteiger partial charge in [-0.2, -0.15) is 0 Å². The highest BCUT2D eigenvalue weighted by Crippen LogP contribution is 2.28. The first-order chi connectivity index (χ1) is 15.2. The highest BCUT2D eigenvalue weighted by atomic mass is 16.7. The van der Waals surface area contributed by atoms with Gasteiger partial charge in [-0.05, 0) is 37.6 Å². The van der Waals surface area contributed by atoms with Crippen LogP contribution in [0.4, 0.5) is 0 Å². The van der Waals surface area contributed by atoms with Crippen molar-refractivity contribution in [1.29, 1.82) is 0 Å². The van der Waals surface area contributed by atoms with E-state index in [1.54, 1.807) is 0 Å². The fourth-order valence-corrected chi connectivity index (χ4v) is 3.62. The number of hydrogen-bond acceptors (Lipinski definition) is 7. The quantitative estimate of drug-likeness (QED) is 0.620. The van der Waals surface area contributed by atoms with E-state index in [0.717, 1.165) is 22.6 Å². The molecule has 2 fully saturated rings. The van der Waals surface area contributed by atoms with Crippen molar-refractivity contribution in [3.63, 3.8) is 0 Å². The molecule has 2 aliphatic rings. The van der Waals surface area contributed by atoms with E-state index in [-0.39, 0.29) is 24.7 Å². The number of hydrogen-bond donors (Lipinski definition) is 1. The number of ether oxygens (including phenoxy) is 6. The van der Waals surface area contributed by atoms with E-state index >= 15 is 0 Å². The van der Waals surface area contributed by atoms with Gasteiger partial charge < -0.3 is 34.2 Å². The summed E-state index contributed by atoms with van der Waals surface area (Å²) in [6.45, 7) is 6.90. The summed E-state index contributed by atoms with van der Waals surface area (Å²) in [6.07, 6.45) is 0.310. The Labute approximate surface area is 183 Å². The van der Waals surface area contributed by atoms with Gasteiger partial charge in [0, 0.05) is 23.6 Å². The zero-order chi connectivity index (χ0) is 21.5. The SMILES string of the molecule is [CH2]CC(Oc1cccc(C2OCCO2)c1)C(N)CCOc1cccc(C2OCCO2)c1. The van der Waals surface area contributed by atoms with Crippen LogP contribution in [0, 0.1) is 6.92 Å². The Morgan fingerprint density at radius 1 is 0.871 bits per heavy atom. The molecule has 2 saturated heterocycles. The minimum Gasteiger partial charge on any atom is -0.494 e. The van der Waals surface area contributed by atoms with Gasteiger partial charge in [-0.3, -0.25) is 0 Å². The van der Waals surface area contributed by atoms with Crippen LogP contribution >= 0.6 is 0 Å². The standard InChI is InChI=1S/C24H30NO6/c1-2-22(31-20-8-4-6-18(16-20)24-29-13-14-30-24)21(25)9-10-26-19-7-3-5-17(15-19)23-27-11-12-28-23/h3-8,15-16,21-24H,1-2,9-14,25H2. The molecule has 2 heterocycles. The van der Waals surface area contributed by atoms with E-state index < -0.39 is 0 Å². The monoisotopic (exact) mass is 428 g/mol. The van der Waals surface area contributed by atoms with E-state index in [2.05, 4.69) is 6.92 Å². The molecule has 2 atom stereocenters. The van der Waals surface area contributed by atoms with Gasteiger partial charge in [-0.15, -0.1) is 0 Å². The maximum atomic E-state index is 6.40. The average molecular weight is 429 g/mol. The molecule has 2 aliphatic heterocycles. The average Bonchev–Trinajstić information content (AvgIpc) is 3.52. The van der Waals surface area contributed by atoms with Gasteiger partial charge in [0.1, 0.15) is 17.6 Å². The summed E-state index contributed by atoms with van der Waals surface area (Å²) in [5.41, 5.74) is 8.28. The second-order valence-electron chi connectivity index (χ2n) is 7.54. The molecule has 2 aromatic rings. The minimum absolute atomic E-state index is 0.218. The van der Waals surface area contributed by atoms with E-state index in [4.69, 9.17) is 34.2 Å². The molecule has 2 N–H and O–H groups in total. The summed E-state index contributed by atoms with van der Waals surface area (Å²) in [5, 5.41) is 0. The predicted octanol–water partition coefficient (Wildman–Crippen LogP) is 3.55. The summed E-state index contributed by atoms with van der Waals surface area (Å²) in [5.74, 6) is 1.49. The van der Waals surface area contributed by atoms with E-state index in [1.807, 2.05) is 48.5 Å². The van der Waals surface area contributed by atoms with Crippen LogP contribution in [0.25, 0.3) is 0 Å². The molecule has 0 spiro atoms. The van der Waals surface area contributed by atoms with Crippen LogP contribution in [0.15, 0.2) is 48.5 Å². The highest BCUT2D eigenvalue weighted by molar-refractivity contribution is 5.30. The third kappa shape index (κ3) is 5.96. The van der Waals surface area contributed by atoms with Gasteiger partial charge in [0.05, 0.1) is 33.0 Å². The van der Waals surface area contributed by atoms with Gasteiger partial charge in [0.25, 0.3) is 0 Å². The van der Waals surface area contributed by atoms with Gasteiger partial charge in [-0.1, -0.05) is 24.3 Å². The van der Waals surface area contributed by atoms with Crippen molar-refractivity contribution in [2.45, 2.75) is 37.6 Å². The highest BCUT2D eigenvalue weighted by Gasteiger charge is 2.22. The van der Waals surface area contributed by atoms with Crippen LogP contribution in [0.3, 0.4) is 0 Å². The molecular weight excluding hydrogens is 398 g/mol. The summed E-state index contributed by atoms with van der Waals surface area (Å²) in [6, 6.07) is 15.3. The lowest BCUT2D eigenvalue weighted by Gasteiger charge is -2.24. The lowest BCUT2D eigenvalue weighted by molar-refractivity contribution is -0.0444. The summed E-state index contributed by atoms with van der Waals surface area (Å²) >= 11 is 0. The Morgan fingerprint density at radius 3 is 2.00 bits per heavy atom. The second kappa shape index (κ2) is 10.9. The lowest BCUT2D eigenvalue weighted by atomic mass is 10.1. The molecule has 7 heteroatoms. The summed E-state index contributed by atoms with van der Waals surface area (Å²) in [4.78, 5) is 0. The van der Waals surface area contributed by atoms with Crippen molar-refractivity contribution in [3.8, 4) is 11.5 Å². The van der Waals surface area contributed by atoms with Gasteiger partial charge in [0.15, 0.2) is 12.6 Å². The molecule has 0 aliphatic carbocycles. The van der Waals surface area contributed by atoms with Gasteiger partial charge in [-0.25, -0.2) is 0 Å². The van der Waals surface area contributed by atoms with Crippen LogP contribution in [-0.2, 0) is 18.9 Å². The zero-order valence-electron chi connectivity index (χ0n) is 17.6. The Morgan fingerprint density at radius 2 is 1.42 bits per heavy atom. The molecule has 2 unspecified atom stereocenters. The smallest absolute Gasteiger partial charge is 0.184 e. The summed E-state index contributed by atoms with van der Waals surface area (Å²) < 4.78 is 34.2. The number of rotatable bonds is 10. The van der Waals surface area contributed by atoms with Crippen molar-refractivity contribution in [3.05, 3.63) is 66.6 Å². The predicted molar refractivity (Wildman–Crippen MR) is 115 cm³/mol. The summed E-state index contributed by atoms with van der Waals surface area (Å²) in [7, 11) is 0. The normalized spacial score (nSPS) is 19.4. The first-order valence-electron chi connectivity index (χ1n) is 10.7. The van der Waals surface area contributed by atoms with E-state index in [0.29, 0.717) is 45.9 Å². The Hall–Kier alpha value is -2.16. The molecule has 0 aromatic heterocycles. The third-order valence-corrected chi connectivity index (χ3v) is 5.27. The van der Waals surface area contributed by atoms with Crippen molar-refractivity contribution in [2.75, 3.05) is 33.0 Å². The first-order valence-corrected chi connectivity index (χ1v) is 10.7. The van der Waals surface area contributed by atoms with Crippen LogP contribution < -0.4 is 15.2 Å². The minimum atomic E-state index is -0.334. The first kappa shape index (κ1) is 22.0. The Balaban J connectivity index is 1.28.